The Morgan fingerprint density at radius 2 is 2.00 bits per heavy atom. The highest BCUT2D eigenvalue weighted by molar-refractivity contribution is 5.90. The summed E-state index contributed by atoms with van der Waals surface area (Å²) in [5.74, 6) is 0.674. The number of carbonyl (C=O) groups is 1. The van der Waals surface area contributed by atoms with Crippen molar-refractivity contribution in [3.05, 3.63) is 96.5 Å². The van der Waals surface area contributed by atoms with Gasteiger partial charge in [-0.2, -0.15) is 0 Å². The van der Waals surface area contributed by atoms with Gasteiger partial charge in [0.1, 0.15) is 17.3 Å². The number of aromatic nitrogens is 2. The molecule has 146 valence electrons. The number of furan rings is 1. The van der Waals surface area contributed by atoms with Crippen LogP contribution in [0, 0.1) is 5.82 Å². The van der Waals surface area contributed by atoms with Crippen LogP contribution in [0.1, 0.15) is 17.7 Å². The van der Waals surface area contributed by atoms with E-state index in [0.717, 1.165) is 11.3 Å². The number of halogens is 1. The Bertz CT molecular complexity index is 1100. The molecule has 0 bridgehead atoms. The van der Waals surface area contributed by atoms with Crippen LogP contribution in [0.15, 0.2) is 83.8 Å². The van der Waals surface area contributed by atoms with E-state index in [1.165, 1.54) is 6.07 Å². The smallest absolute Gasteiger partial charge is 0.224 e. The molecule has 0 aliphatic carbocycles. The molecule has 0 radical (unpaired) electrons. The van der Waals surface area contributed by atoms with Gasteiger partial charge in [0.15, 0.2) is 0 Å². The minimum Gasteiger partial charge on any atom is -0.461 e. The van der Waals surface area contributed by atoms with Crippen molar-refractivity contribution in [1.82, 2.24) is 9.55 Å². The topological polar surface area (TPSA) is 60.1 Å². The summed E-state index contributed by atoms with van der Waals surface area (Å²) in [7, 11) is 0. The largest absolute Gasteiger partial charge is 0.461 e. The summed E-state index contributed by atoms with van der Waals surface area (Å²) < 4.78 is 21.5. The fourth-order valence-electron chi connectivity index (χ4n) is 3.12. The van der Waals surface area contributed by atoms with Crippen molar-refractivity contribution in [2.24, 2.45) is 0 Å². The van der Waals surface area contributed by atoms with Gasteiger partial charge < -0.3 is 14.3 Å². The third-order valence-corrected chi connectivity index (χ3v) is 4.53. The number of hydrogen-bond acceptors (Lipinski definition) is 3. The van der Waals surface area contributed by atoms with Gasteiger partial charge in [0.05, 0.1) is 11.9 Å². The van der Waals surface area contributed by atoms with Gasteiger partial charge in [0, 0.05) is 37.5 Å². The molecule has 2 heterocycles. The lowest BCUT2D eigenvalue weighted by molar-refractivity contribution is -0.116. The van der Waals surface area contributed by atoms with Crippen LogP contribution in [0.4, 0.5) is 10.1 Å². The van der Waals surface area contributed by atoms with Crippen LogP contribution in [0.2, 0.25) is 0 Å². The molecule has 2 aromatic carbocycles. The molecule has 0 unspecified atom stereocenters. The van der Waals surface area contributed by atoms with E-state index in [9.17, 15) is 9.18 Å². The van der Waals surface area contributed by atoms with E-state index in [-0.39, 0.29) is 18.1 Å². The molecule has 0 atom stereocenters. The van der Waals surface area contributed by atoms with Gasteiger partial charge >= 0.3 is 0 Å². The molecule has 0 fully saturated rings. The third kappa shape index (κ3) is 4.79. The summed E-state index contributed by atoms with van der Waals surface area (Å²) in [6.45, 7) is 0.689. The first kappa shape index (κ1) is 18.7. The lowest BCUT2D eigenvalue weighted by Gasteiger charge is -2.08. The maximum atomic E-state index is 13.9. The molecular weight excluding hydrogens is 369 g/mol. The average Bonchev–Trinajstić information content (AvgIpc) is 3.39. The van der Waals surface area contributed by atoms with Crippen LogP contribution in [0.25, 0.3) is 11.3 Å². The summed E-state index contributed by atoms with van der Waals surface area (Å²) in [6.07, 6.45) is 6.09. The van der Waals surface area contributed by atoms with Gasteiger partial charge in [-0.05, 0) is 42.0 Å². The van der Waals surface area contributed by atoms with Crippen molar-refractivity contribution in [2.75, 3.05) is 5.32 Å². The molecule has 0 saturated carbocycles. The standard InChI is InChI=1S/C23H20FN3O2/c24-21-7-2-1-6-20(21)22-10-8-19(29-22)9-11-23(28)26-18-5-3-4-17(14-18)15-27-13-12-25-16-27/h1-8,10,12-14,16H,9,11,15H2,(H,26,28). The first-order valence-corrected chi connectivity index (χ1v) is 9.35. The molecule has 6 heteroatoms. The molecule has 4 rings (SSSR count). The summed E-state index contributed by atoms with van der Waals surface area (Å²) in [4.78, 5) is 16.3. The minimum atomic E-state index is -0.332. The van der Waals surface area contributed by atoms with E-state index >= 15 is 0 Å². The van der Waals surface area contributed by atoms with Crippen LogP contribution in [-0.4, -0.2) is 15.5 Å². The van der Waals surface area contributed by atoms with E-state index in [2.05, 4.69) is 10.3 Å². The van der Waals surface area contributed by atoms with Crippen molar-refractivity contribution in [3.8, 4) is 11.3 Å². The number of nitrogens with one attached hydrogen (secondary N) is 1. The Hall–Kier alpha value is -3.67. The maximum Gasteiger partial charge on any atom is 0.224 e. The van der Waals surface area contributed by atoms with E-state index in [1.807, 2.05) is 35.0 Å². The Morgan fingerprint density at radius 3 is 2.83 bits per heavy atom. The highest BCUT2D eigenvalue weighted by atomic mass is 19.1. The Labute approximate surface area is 167 Å². The quantitative estimate of drug-likeness (QED) is 0.489. The number of imidazole rings is 1. The molecule has 4 aromatic rings. The summed E-state index contributed by atoms with van der Waals surface area (Å²) >= 11 is 0. The van der Waals surface area contributed by atoms with E-state index in [1.54, 1.807) is 42.9 Å². The van der Waals surface area contributed by atoms with E-state index < -0.39 is 0 Å². The van der Waals surface area contributed by atoms with Crippen molar-refractivity contribution in [3.63, 3.8) is 0 Å². The Balaban J connectivity index is 1.33. The van der Waals surface area contributed by atoms with Crippen molar-refractivity contribution >= 4 is 11.6 Å². The Kier molecular flexibility index (Phi) is 5.52. The number of aryl methyl sites for hydroxylation is 1. The van der Waals surface area contributed by atoms with E-state index in [0.29, 0.717) is 30.0 Å². The minimum absolute atomic E-state index is 0.103. The number of rotatable bonds is 7. The van der Waals surface area contributed by atoms with Gasteiger partial charge in [-0.1, -0.05) is 24.3 Å². The SMILES string of the molecule is O=C(CCc1ccc(-c2ccccc2F)o1)Nc1cccc(Cn2ccnc2)c1. The number of anilines is 1. The van der Waals surface area contributed by atoms with Crippen LogP contribution in [-0.2, 0) is 17.8 Å². The molecule has 29 heavy (non-hydrogen) atoms. The molecule has 5 nitrogen and oxygen atoms in total. The average molecular weight is 389 g/mol. The predicted molar refractivity (Wildman–Crippen MR) is 109 cm³/mol. The highest BCUT2D eigenvalue weighted by Crippen LogP contribution is 2.25. The monoisotopic (exact) mass is 389 g/mol. The Morgan fingerprint density at radius 1 is 1.10 bits per heavy atom. The lowest BCUT2D eigenvalue weighted by atomic mass is 10.1. The fourth-order valence-corrected chi connectivity index (χ4v) is 3.12. The highest BCUT2D eigenvalue weighted by Gasteiger charge is 2.11. The number of carbonyl (C=O) groups excluding carboxylic acids is 1. The lowest BCUT2D eigenvalue weighted by Crippen LogP contribution is -2.12. The number of benzene rings is 2. The molecular formula is C23H20FN3O2. The first-order valence-electron chi connectivity index (χ1n) is 9.35. The second kappa shape index (κ2) is 8.56. The normalized spacial score (nSPS) is 10.8. The molecule has 1 amide bonds. The summed E-state index contributed by atoms with van der Waals surface area (Å²) in [6, 6.07) is 17.7. The molecule has 0 aliphatic rings. The van der Waals surface area contributed by atoms with Crippen LogP contribution >= 0.6 is 0 Å². The van der Waals surface area contributed by atoms with Crippen LogP contribution in [0.3, 0.4) is 0 Å². The zero-order valence-electron chi connectivity index (χ0n) is 15.7. The fraction of sp³-hybridized carbons (Fsp3) is 0.130. The second-order valence-electron chi connectivity index (χ2n) is 6.73. The number of hydrogen-bond donors (Lipinski definition) is 1. The molecule has 1 N–H and O–H groups in total. The maximum absolute atomic E-state index is 13.9. The van der Waals surface area contributed by atoms with Crippen molar-refractivity contribution in [2.45, 2.75) is 19.4 Å². The molecule has 0 aliphatic heterocycles. The third-order valence-electron chi connectivity index (χ3n) is 4.53. The summed E-state index contributed by atoms with van der Waals surface area (Å²) in [5.41, 5.74) is 2.23. The van der Waals surface area contributed by atoms with E-state index in [4.69, 9.17) is 4.42 Å². The van der Waals surface area contributed by atoms with Crippen LogP contribution in [0.5, 0.6) is 0 Å². The van der Waals surface area contributed by atoms with Gasteiger partial charge in [-0.15, -0.1) is 0 Å². The number of amides is 1. The van der Waals surface area contributed by atoms with Crippen LogP contribution < -0.4 is 5.32 Å². The zero-order chi connectivity index (χ0) is 20.1. The van der Waals surface area contributed by atoms with Gasteiger partial charge in [0.25, 0.3) is 0 Å². The second-order valence-corrected chi connectivity index (χ2v) is 6.73. The van der Waals surface area contributed by atoms with Gasteiger partial charge in [-0.25, -0.2) is 9.37 Å². The molecule has 2 aromatic heterocycles. The number of nitrogens with zero attached hydrogens (tertiary/aromatic N) is 2. The van der Waals surface area contributed by atoms with Crippen molar-refractivity contribution in [1.29, 1.82) is 0 Å². The van der Waals surface area contributed by atoms with Crippen molar-refractivity contribution < 1.29 is 13.6 Å². The summed E-state index contributed by atoms with van der Waals surface area (Å²) in [5, 5.41) is 2.91. The van der Waals surface area contributed by atoms with Gasteiger partial charge in [0.2, 0.25) is 5.91 Å². The molecule has 0 spiro atoms. The zero-order valence-corrected chi connectivity index (χ0v) is 15.7. The first-order chi connectivity index (χ1) is 14.2. The molecule has 0 saturated heterocycles. The van der Waals surface area contributed by atoms with Gasteiger partial charge in [-0.3, -0.25) is 4.79 Å². The predicted octanol–water partition coefficient (Wildman–Crippen LogP) is 4.90.